The molecule has 0 N–H and O–H groups in total. The second-order valence-corrected chi connectivity index (χ2v) is 25.9. The first-order valence-corrected chi connectivity index (χ1v) is 33.2. The van der Waals surface area contributed by atoms with Gasteiger partial charge < -0.3 is 4.42 Å². The first-order valence-electron chi connectivity index (χ1n) is 32.4. The minimum absolute atomic E-state index is 0.918. The van der Waals surface area contributed by atoms with Crippen LogP contribution in [0.5, 0.6) is 0 Å². The van der Waals surface area contributed by atoms with E-state index in [0.717, 1.165) is 21.9 Å². The summed E-state index contributed by atoms with van der Waals surface area (Å²) in [6, 6.07) is 124. The molecule has 2 aliphatic rings. The molecule has 0 spiro atoms. The van der Waals surface area contributed by atoms with Crippen LogP contribution in [0, 0.1) is 0 Å². The zero-order valence-corrected chi connectivity index (χ0v) is 52.0. The van der Waals surface area contributed by atoms with Gasteiger partial charge in [-0.25, -0.2) is 0 Å². The van der Waals surface area contributed by atoms with Gasteiger partial charge in [-0.05, 0) is 204 Å². The van der Waals surface area contributed by atoms with E-state index in [1.54, 1.807) is 0 Å². The van der Waals surface area contributed by atoms with Gasteiger partial charge in [-0.1, -0.05) is 291 Å². The molecule has 0 atom stereocenters. The summed E-state index contributed by atoms with van der Waals surface area (Å²) in [5, 5.41) is 10.2. The third-order valence-corrected chi connectivity index (χ3v) is 20.8. The van der Waals surface area contributed by atoms with E-state index in [-0.39, 0.29) is 0 Å². The highest BCUT2D eigenvalue weighted by Crippen LogP contribution is 2.59. The molecule has 0 unspecified atom stereocenters. The monoisotopic (exact) mass is 1210 g/mol. The second-order valence-electron chi connectivity index (χ2n) is 24.8. The smallest absolute Gasteiger partial charge is 0.135 e. The van der Waals surface area contributed by atoms with E-state index in [2.05, 4.69) is 328 Å². The standard InChI is InChI=1S/C46H28O.C46H28S/c2*1-3-11-30(12-4-1)39-28-38(31-23-21-29(22-24-31)34-25-26-42-40(27-34)35-17-7-8-20-41(35)47-42)44(33-13-5-2-6-14-33)46-37-19-10-16-32-15-9-18-36(43(32)37)45(39)46/h2*1-28H. The maximum absolute atomic E-state index is 6.10. The lowest BCUT2D eigenvalue weighted by Gasteiger charge is -2.21. The summed E-state index contributed by atoms with van der Waals surface area (Å²) in [4.78, 5) is 0. The fraction of sp³-hybridized carbons (Fsp3) is 0. The van der Waals surface area contributed by atoms with Gasteiger partial charge in [0, 0.05) is 30.9 Å². The van der Waals surface area contributed by atoms with Crippen LogP contribution in [-0.2, 0) is 0 Å². The van der Waals surface area contributed by atoms with Crippen molar-refractivity contribution in [2.24, 2.45) is 0 Å². The van der Waals surface area contributed by atoms with Crippen LogP contribution in [0.1, 0.15) is 0 Å². The fourth-order valence-corrected chi connectivity index (χ4v) is 16.5. The van der Waals surface area contributed by atoms with Crippen LogP contribution in [0.15, 0.2) is 344 Å². The number of hydrogen-bond acceptors (Lipinski definition) is 2. The summed E-state index contributed by atoms with van der Waals surface area (Å²) in [6.07, 6.45) is 0. The summed E-state index contributed by atoms with van der Waals surface area (Å²) < 4.78 is 8.78. The van der Waals surface area contributed by atoms with Gasteiger partial charge in [0.25, 0.3) is 0 Å². The fourth-order valence-electron chi connectivity index (χ4n) is 15.4. The molecule has 94 heavy (non-hydrogen) atoms. The topological polar surface area (TPSA) is 13.1 Å². The maximum Gasteiger partial charge on any atom is 0.135 e. The molecule has 20 rings (SSSR count). The van der Waals surface area contributed by atoms with Gasteiger partial charge in [-0.3, -0.25) is 0 Å². The number of furan rings is 1. The summed E-state index contributed by atoms with van der Waals surface area (Å²) in [5.41, 5.74) is 32.2. The van der Waals surface area contributed by atoms with Crippen molar-refractivity contribution in [1.82, 2.24) is 0 Å². The molecule has 2 heterocycles. The van der Waals surface area contributed by atoms with E-state index in [1.165, 1.54) is 175 Å². The van der Waals surface area contributed by atoms with E-state index in [4.69, 9.17) is 4.42 Å². The molecule has 0 saturated heterocycles. The number of benzene rings is 16. The molecular formula is C92H56OS. The second kappa shape index (κ2) is 21.9. The van der Waals surface area contributed by atoms with Crippen molar-refractivity contribution < 1.29 is 4.42 Å². The Balaban J connectivity index is 0.000000133. The lowest BCUT2D eigenvalue weighted by atomic mass is 9.82. The van der Waals surface area contributed by atoms with Gasteiger partial charge in [0.05, 0.1) is 0 Å². The summed E-state index contributed by atoms with van der Waals surface area (Å²) in [5.74, 6) is 0. The third kappa shape index (κ3) is 8.68. The number of rotatable bonds is 8. The van der Waals surface area contributed by atoms with Crippen molar-refractivity contribution in [3.63, 3.8) is 0 Å². The Morgan fingerprint density at radius 2 is 0.532 bits per heavy atom. The zero-order chi connectivity index (χ0) is 61.8. The van der Waals surface area contributed by atoms with Gasteiger partial charge in [0.15, 0.2) is 0 Å². The van der Waals surface area contributed by atoms with Crippen molar-refractivity contribution in [3.05, 3.63) is 340 Å². The van der Waals surface area contributed by atoms with Crippen molar-refractivity contribution >= 4 is 75.0 Å². The number of para-hydroxylation sites is 1. The maximum atomic E-state index is 6.10. The summed E-state index contributed by atoms with van der Waals surface area (Å²) in [6.45, 7) is 0. The first kappa shape index (κ1) is 53.9. The lowest BCUT2D eigenvalue weighted by molar-refractivity contribution is 0.669. The highest BCUT2D eigenvalue weighted by Gasteiger charge is 2.32. The Kier molecular flexibility index (Phi) is 12.5. The predicted molar refractivity (Wildman–Crippen MR) is 400 cm³/mol. The molecule has 0 radical (unpaired) electrons. The minimum atomic E-state index is 0.918. The van der Waals surface area contributed by atoms with Crippen molar-refractivity contribution in [3.8, 4) is 134 Å². The predicted octanol–water partition coefficient (Wildman–Crippen LogP) is 26.6. The van der Waals surface area contributed by atoms with Crippen LogP contribution in [0.2, 0.25) is 0 Å². The molecule has 0 bridgehead atoms. The third-order valence-electron chi connectivity index (χ3n) is 19.6. The molecule has 16 aromatic carbocycles. The van der Waals surface area contributed by atoms with E-state index >= 15 is 0 Å². The van der Waals surface area contributed by atoms with Gasteiger partial charge in [-0.2, -0.15) is 0 Å². The Morgan fingerprint density at radius 3 is 1.03 bits per heavy atom. The summed E-state index contributed by atoms with van der Waals surface area (Å²) >= 11 is 1.87. The minimum Gasteiger partial charge on any atom is -0.456 e. The number of fused-ring (bicyclic) bond motifs is 12. The van der Waals surface area contributed by atoms with Gasteiger partial charge >= 0.3 is 0 Å². The van der Waals surface area contributed by atoms with Gasteiger partial charge in [-0.15, -0.1) is 11.3 Å². The molecule has 0 fully saturated rings. The number of thiophene rings is 1. The van der Waals surface area contributed by atoms with Crippen LogP contribution in [0.3, 0.4) is 0 Å². The zero-order valence-electron chi connectivity index (χ0n) is 51.1. The average molecular weight is 1210 g/mol. The van der Waals surface area contributed by atoms with Crippen molar-refractivity contribution in [1.29, 1.82) is 0 Å². The van der Waals surface area contributed by atoms with Crippen LogP contribution in [-0.4, -0.2) is 0 Å². The molecule has 2 aromatic heterocycles. The van der Waals surface area contributed by atoms with E-state index in [0.29, 0.717) is 0 Å². The molecule has 18 aromatic rings. The first-order chi connectivity index (χ1) is 46.6. The highest BCUT2D eigenvalue weighted by atomic mass is 32.1. The Morgan fingerprint density at radius 1 is 0.181 bits per heavy atom. The van der Waals surface area contributed by atoms with Crippen LogP contribution < -0.4 is 0 Å². The molecule has 1 nitrogen and oxygen atoms in total. The van der Waals surface area contributed by atoms with Gasteiger partial charge in [0.2, 0.25) is 0 Å². The summed E-state index contributed by atoms with van der Waals surface area (Å²) in [7, 11) is 0. The molecule has 0 aliphatic heterocycles. The number of hydrogen-bond donors (Lipinski definition) is 0. The molecule has 0 saturated carbocycles. The quantitative estimate of drug-likeness (QED) is 0.148. The normalized spacial score (nSPS) is 11.8. The molecule has 0 amide bonds. The van der Waals surface area contributed by atoms with E-state index in [9.17, 15) is 0 Å². The average Bonchev–Trinajstić information content (AvgIpc) is 1.55. The van der Waals surface area contributed by atoms with E-state index in [1.807, 2.05) is 23.5 Å². The Labute approximate surface area is 549 Å². The van der Waals surface area contributed by atoms with Crippen LogP contribution >= 0.6 is 11.3 Å². The van der Waals surface area contributed by atoms with Crippen LogP contribution in [0.4, 0.5) is 0 Å². The molecular weight excluding hydrogens is 1150 g/mol. The Bertz CT molecular complexity index is 5650. The molecule has 2 aliphatic carbocycles. The highest BCUT2D eigenvalue weighted by molar-refractivity contribution is 7.25. The van der Waals surface area contributed by atoms with Crippen LogP contribution in [0.25, 0.3) is 197 Å². The van der Waals surface area contributed by atoms with Crippen molar-refractivity contribution in [2.45, 2.75) is 0 Å². The largest absolute Gasteiger partial charge is 0.456 e. The lowest BCUT2D eigenvalue weighted by Crippen LogP contribution is -1.94. The van der Waals surface area contributed by atoms with Gasteiger partial charge in [0.1, 0.15) is 11.2 Å². The Hall–Kier alpha value is -11.9. The molecule has 436 valence electrons. The van der Waals surface area contributed by atoms with Crippen molar-refractivity contribution in [2.75, 3.05) is 0 Å². The molecule has 2 heteroatoms. The van der Waals surface area contributed by atoms with E-state index < -0.39 is 0 Å². The SMILES string of the molecule is c1ccc(-c2cc(-c3ccc(-c4ccc5oc6ccccc6c5c4)cc3)c(-c3ccccc3)c3c2-c2cccc4cccc-3c24)cc1.c1ccc(-c2cc(-c3ccc(-c4ccc5sc6ccccc6c5c4)cc3)c(-c3ccccc3)c3c2-c2cccc4cccc-3c24)cc1.